The number of nitrogens with zero attached hydrogens (tertiary/aromatic N) is 2. The van der Waals surface area contributed by atoms with Gasteiger partial charge in [-0.15, -0.1) is 10.2 Å². The number of hydrogen-bond donors (Lipinski definition) is 1. The summed E-state index contributed by atoms with van der Waals surface area (Å²) in [4.78, 5) is 25.8. The second-order valence-corrected chi connectivity index (χ2v) is 6.52. The third-order valence-corrected chi connectivity index (χ3v) is 4.46. The first-order chi connectivity index (χ1) is 14.1. The SMILES string of the molecule is Cc1ccc(C(=O)c2ccccc2C(=O)Nc2cccc(-c3nnco3)c2)cc1. The lowest BCUT2D eigenvalue weighted by molar-refractivity contribution is 0.0996. The molecule has 1 N–H and O–H groups in total. The summed E-state index contributed by atoms with van der Waals surface area (Å²) in [5.74, 6) is -0.213. The van der Waals surface area contributed by atoms with Crippen LogP contribution >= 0.6 is 0 Å². The fraction of sp³-hybridized carbons (Fsp3) is 0.0435. The molecule has 0 aliphatic carbocycles. The molecule has 6 heteroatoms. The largest absolute Gasteiger partial charge is 0.423 e. The minimum atomic E-state index is -0.372. The molecule has 0 fully saturated rings. The molecule has 0 saturated carbocycles. The zero-order chi connectivity index (χ0) is 20.2. The Kier molecular flexibility index (Phi) is 4.99. The van der Waals surface area contributed by atoms with E-state index in [0.29, 0.717) is 33.8 Å². The quantitative estimate of drug-likeness (QED) is 0.512. The smallest absolute Gasteiger partial charge is 0.256 e. The topological polar surface area (TPSA) is 85.1 Å². The maximum absolute atomic E-state index is 12.9. The molecule has 3 aromatic carbocycles. The van der Waals surface area contributed by atoms with E-state index in [4.69, 9.17) is 4.42 Å². The molecule has 0 radical (unpaired) electrons. The molecule has 6 nitrogen and oxygen atoms in total. The molecule has 4 rings (SSSR count). The fourth-order valence-corrected chi connectivity index (χ4v) is 2.97. The van der Waals surface area contributed by atoms with Gasteiger partial charge in [0, 0.05) is 22.4 Å². The number of carbonyl (C=O) groups excluding carboxylic acids is 2. The zero-order valence-corrected chi connectivity index (χ0v) is 15.6. The Bertz CT molecular complexity index is 1170. The lowest BCUT2D eigenvalue weighted by Crippen LogP contribution is -2.17. The van der Waals surface area contributed by atoms with Crippen LogP contribution in [0.1, 0.15) is 31.8 Å². The van der Waals surface area contributed by atoms with Crippen LogP contribution in [0.15, 0.2) is 83.6 Å². The van der Waals surface area contributed by atoms with E-state index in [9.17, 15) is 9.59 Å². The molecule has 0 saturated heterocycles. The van der Waals surface area contributed by atoms with Crippen LogP contribution in [0.4, 0.5) is 5.69 Å². The van der Waals surface area contributed by atoms with Crippen LogP contribution in [0.25, 0.3) is 11.5 Å². The number of ketones is 1. The number of aryl methyl sites for hydroxylation is 1. The van der Waals surface area contributed by atoms with Gasteiger partial charge in [-0.1, -0.05) is 54.1 Å². The average molecular weight is 383 g/mol. The number of benzene rings is 3. The lowest BCUT2D eigenvalue weighted by Gasteiger charge is -2.10. The minimum absolute atomic E-state index is 0.199. The van der Waals surface area contributed by atoms with Crippen molar-refractivity contribution in [3.63, 3.8) is 0 Å². The van der Waals surface area contributed by atoms with E-state index in [1.165, 1.54) is 6.39 Å². The van der Waals surface area contributed by atoms with Gasteiger partial charge in [-0.3, -0.25) is 9.59 Å². The summed E-state index contributed by atoms with van der Waals surface area (Å²) in [5.41, 5.74) is 3.50. The molecular weight excluding hydrogens is 366 g/mol. The molecule has 0 spiro atoms. The molecule has 4 aromatic rings. The lowest BCUT2D eigenvalue weighted by atomic mass is 9.97. The first kappa shape index (κ1) is 18.3. The van der Waals surface area contributed by atoms with Crippen molar-refractivity contribution in [2.75, 3.05) is 5.32 Å². The number of nitrogens with one attached hydrogen (secondary N) is 1. The summed E-state index contributed by atoms with van der Waals surface area (Å²) in [6.45, 7) is 1.96. The van der Waals surface area contributed by atoms with Crippen LogP contribution in [0, 0.1) is 6.92 Å². The number of hydrogen-bond acceptors (Lipinski definition) is 5. The minimum Gasteiger partial charge on any atom is -0.423 e. The van der Waals surface area contributed by atoms with Crippen LogP contribution < -0.4 is 5.32 Å². The molecular formula is C23H17N3O3. The third-order valence-electron chi connectivity index (χ3n) is 4.46. The van der Waals surface area contributed by atoms with Crippen molar-refractivity contribution in [3.8, 4) is 11.5 Å². The summed E-state index contributed by atoms with van der Waals surface area (Å²) in [6, 6.07) is 21.1. The standard InChI is InChI=1S/C23H17N3O3/c1-15-9-11-16(12-10-15)21(27)19-7-2-3-8-20(19)22(28)25-18-6-4-5-17(13-18)23-26-24-14-29-23/h2-14H,1H3,(H,25,28). The van der Waals surface area contributed by atoms with Gasteiger partial charge in [0.15, 0.2) is 5.78 Å². The van der Waals surface area contributed by atoms with Crippen molar-refractivity contribution in [1.29, 1.82) is 0 Å². The average Bonchev–Trinajstić information content (AvgIpc) is 3.29. The van der Waals surface area contributed by atoms with Crippen molar-refractivity contribution in [1.82, 2.24) is 10.2 Å². The Morgan fingerprint density at radius 3 is 2.38 bits per heavy atom. The normalized spacial score (nSPS) is 10.5. The van der Waals surface area contributed by atoms with E-state index in [1.54, 1.807) is 60.7 Å². The molecule has 142 valence electrons. The second-order valence-electron chi connectivity index (χ2n) is 6.52. The van der Waals surface area contributed by atoms with E-state index >= 15 is 0 Å². The van der Waals surface area contributed by atoms with Gasteiger partial charge in [0.25, 0.3) is 5.91 Å². The van der Waals surface area contributed by atoms with Gasteiger partial charge in [-0.05, 0) is 31.2 Å². The molecule has 1 aromatic heterocycles. The monoisotopic (exact) mass is 383 g/mol. The number of amides is 1. The first-order valence-electron chi connectivity index (χ1n) is 9.00. The molecule has 0 bridgehead atoms. The van der Waals surface area contributed by atoms with Crippen molar-refractivity contribution >= 4 is 17.4 Å². The molecule has 0 aliphatic heterocycles. The van der Waals surface area contributed by atoms with Gasteiger partial charge in [0.1, 0.15) is 0 Å². The van der Waals surface area contributed by atoms with E-state index in [-0.39, 0.29) is 11.7 Å². The third kappa shape index (κ3) is 3.96. The summed E-state index contributed by atoms with van der Waals surface area (Å²) >= 11 is 0. The zero-order valence-electron chi connectivity index (χ0n) is 15.6. The van der Waals surface area contributed by atoms with Crippen LogP contribution in [0.5, 0.6) is 0 Å². The summed E-state index contributed by atoms with van der Waals surface area (Å²) in [7, 11) is 0. The predicted molar refractivity (Wildman–Crippen MR) is 109 cm³/mol. The predicted octanol–water partition coefficient (Wildman–Crippen LogP) is 4.53. The van der Waals surface area contributed by atoms with Crippen molar-refractivity contribution < 1.29 is 14.0 Å². The van der Waals surface area contributed by atoms with Crippen LogP contribution in [-0.4, -0.2) is 21.9 Å². The van der Waals surface area contributed by atoms with Gasteiger partial charge >= 0.3 is 0 Å². The highest BCUT2D eigenvalue weighted by molar-refractivity contribution is 6.17. The molecule has 1 amide bonds. The molecule has 29 heavy (non-hydrogen) atoms. The van der Waals surface area contributed by atoms with Crippen molar-refractivity contribution in [2.24, 2.45) is 0 Å². The highest BCUT2D eigenvalue weighted by atomic mass is 16.4. The van der Waals surface area contributed by atoms with E-state index in [1.807, 2.05) is 19.1 Å². The fourth-order valence-electron chi connectivity index (χ4n) is 2.97. The Balaban J connectivity index is 1.61. The molecule has 0 aliphatic rings. The van der Waals surface area contributed by atoms with Crippen LogP contribution in [-0.2, 0) is 0 Å². The van der Waals surface area contributed by atoms with Gasteiger partial charge in [-0.25, -0.2) is 0 Å². The maximum atomic E-state index is 12.9. The van der Waals surface area contributed by atoms with Gasteiger partial charge in [-0.2, -0.15) is 0 Å². The number of aromatic nitrogens is 2. The number of anilines is 1. The van der Waals surface area contributed by atoms with Crippen molar-refractivity contribution in [3.05, 3.63) is 101 Å². The maximum Gasteiger partial charge on any atom is 0.256 e. The number of carbonyl (C=O) groups is 2. The summed E-state index contributed by atoms with van der Waals surface area (Å²) in [6.07, 6.45) is 1.24. The van der Waals surface area contributed by atoms with E-state index < -0.39 is 0 Å². The van der Waals surface area contributed by atoms with Crippen LogP contribution in [0.3, 0.4) is 0 Å². The Labute approximate surface area is 167 Å². The highest BCUT2D eigenvalue weighted by Crippen LogP contribution is 2.22. The Hall–Kier alpha value is -4.06. The number of rotatable bonds is 5. The highest BCUT2D eigenvalue weighted by Gasteiger charge is 2.18. The van der Waals surface area contributed by atoms with Gasteiger partial charge < -0.3 is 9.73 Å². The Morgan fingerprint density at radius 1 is 0.897 bits per heavy atom. The van der Waals surface area contributed by atoms with Gasteiger partial charge in [0.2, 0.25) is 12.3 Å². The molecule has 0 atom stereocenters. The van der Waals surface area contributed by atoms with Crippen molar-refractivity contribution in [2.45, 2.75) is 6.92 Å². The summed E-state index contributed by atoms with van der Waals surface area (Å²) in [5, 5.41) is 10.4. The molecule has 1 heterocycles. The molecule has 0 unspecified atom stereocenters. The van der Waals surface area contributed by atoms with Gasteiger partial charge in [0.05, 0.1) is 5.56 Å². The first-order valence-corrected chi connectivity index (χ1v) is 9.00. The Morgan fingerprint density at radius 2 is 1.66 bits per heavy atom. The second kappa shape index (κ2) is 7.90. The van der Waals surface area contributed by atoms with Crippen LogP contribution in [0.2, 0.25) is 0 Å². The van der Waals surface area contributed by atoms with E-state index in [0.717, 1.165) is 5.56 Å². The van der Waals surface area contributed by atoms with E-state index in [2.05, 4.69) is 15.5 Å². The summed E-state index contributed by atoms with van der Waals surface area (Å²) < 4.78 is 5.19.